The Bertz CT molecular complexity index is 932. The fourth-order valence-corrected chi connectivity index (χ4v) is 4.01. The van der Waals surface area contributed by atoms with Gasteiger partial charge < -0.3 is 9.32 Å². The minimum Gasteiger partial charge on any atom is -0.440 e. The maximum atomic E-state index is 12.7. The van der Waals surface area contributed by atoms with Gasteiger partial charge in [-0.2, -0.15) is 0 Å². The van der Waals surface area contributed by atoms with Gasteiger partial charge in [-0.15, -0.1) is 0 Å². The molecule has 0 atom stereocenters. The Morgan fingerprint density at radius 1 is 1.20 bits per heavy atom. The molecular formula is C19H16ClIN2O2. The molecule has 1 aromatic heterocycles. The molecule has 0 N–H and O–H groups in total. The Kier molecular flexibility index (Phi) is 4.69. The molecule has 1 fully saturated rings. The van der Waals surface area contributed by atoms with Crippen LogP contribution in [0.25, 0.3) is 11.1 Å². The normalized spacial score (nSPS) is 15.7. The molecule has 0 unspecified atom stereocenters. The van der Waals surface area contributed by atoms with E-state index in [9.17, 15) is 4.79 Å². The highest BCUT2D eigenvalue weighted by Crippen LogP contribution is 2.31. The molecule has 2 heterocycles. The Morgan fingerprint density at radius 3 is 2.72 bits per heavy atom. The van der Waals surface area contributed by atoms with E-state index in [-0.39, 0.29) is 11.8 Å². The number of aromatic nitrogens is 1. The number of oxazole rings is 1. The van der Waals surface area contributed by atoms with E-state index in [1.54, 1.807) is 0 Å². The SMILES string of the molecule is O=C(c1ccccc1I)N1CCC(c2nc3cc(Cl)ccc3o2)CC1. The van der Waals surface area contributed by atoms with Gasteiger partial charge in [-0.05, 0) is 65.8 Å². The number of carbonyl (C=O) groups excluding carboxylic acids is 1. The van der Waals surface area contributed by atoms with Gasteiger partial charge >= 0.3 is 0 Å². The summed E-state index contributed by atoms with van der Waals surface area (Å²) in [5.74, 6) is 1.09. The fraction of sp³-hybridized carbons (Fsp3) is 0.263. The predicted octanol–water partition coefficient (Wildman–Crippen LogP) is 5.11. The van der Waals surface area contributed by atoms with Crippen molar-refractivity contribution in [2.75, 3.05) is 13.1 Å². The van der Waals surface area contributed by atoms with Crippen LogP contribution in [0.3, 0.4) is 0 Å². The standard InChI is InChI=1S/C19H16ClIN2O2/c20-13-5-6-17-16(11-13)22-18(25-17)12-7-9-23(10-8-12)19(24)14-3-1-2-4-15(14)21/h1-6,11-12H,7-10H2. The molecule has 0 saturated carbocycles. The molecule has 3 aromatic rings. The van der Waals surface area contributed by atoms with Crippen LogP contribution in [0.2, 0.25) is 5.02 Å². The van der Waals surface area contributed by atoms with E-state index in [1.807, 2.05) is 47.4 Å². The highest BCUT2D eigenvalue weighted by atomic mass is 127. The van der Waals surface area contributed by atoms with Crippen molar-refractivity contribution in [3.8, 4) is 0 Å². The highest BCUT2D eigenvalue weighted by molar-refractivity contribution is 14.1. The Hall–Kier alpha value is -1.60. The molecule has 4 rings (SSSR count). The highest BCUT2D eigenvalue weighted by Gasteiger charge is 2.28. The number of piperidine rings is 1. The molecule has 25 heavy (non-hydrogen) atoms. The first-order valence-electron chi connectivity index (χ1n) is 8.21. The van der Waals surface area contributed by atoms with Crippen molar-refractivity contribution in [1.82, 2.24) is 9.88 Å². The largest absolute Gasteiger partial charge is 0.440 e. The van der Waals surface area contributed by atoms with Gasteiger partial charge in [0.25, 0.3) is 5.91 Å². The molecule has 1 aliphatic heterocycles. The molecule has 0 spiro atoms. The van der Waals surface area contributed by atoms with Gasteiger partial charge in [-0.3, -0.25) is 4.79 Å². The van der Waals surface area contributed by atoms with Gasteiger partial charge in [0.1, 0.15) is 5.52 Å². The molecular weight excluding hydrogens is 451 g/mol. The molecule has 4 nitrogen and oxygen atoms in total. The lowest BCUT2D eigenvalue weighted by Crippen LogP contribution is -2.38. The van der Waals surface area contributed by atoms with Crippen LogP contribution >= 0.6 is 34.2 Å². The van der Waals surface area contributed by atoms with E-state index in [0.717, 1.165) is 39.0 Å². The lowest BCUT2D eigenvalue weighted by atomic mass is 9.96. The van der Waals surface area contributed by atoms with Gasteiger partial charge in [-0.1, -0.05) is 23.7 Å². The van der Waals surface area contributed by atoms with Crippen LogP contribution in [-0.4, -0.2) is 28.9 Å². The van der Waals surface area contributed by atoms with Gasteiger partial charge in [-0.25, -0.2) is 4.98 Å². The summed E-state index contributed by atoms with van der Waals surface area (Å²) in [4.78, 5) is 19.2. The van der Waals surface area contributed by atoms with Crippen molar-refractivity contribution in [3.63, 3.8) is 0 Å². The third-order valence-corrected chi connectivity index (χ3v) is 5.78. The van der Waals surface area contributed by atoms with Gasteiger partial charge in [0.15, 0.2) is 11.5 Å². The van der Waals surface area contributed by atoms with E-state index in [1.165, 1.54) is 0 Å². The Balaban J connectivity index is 1.47. The molecule has 1 saturated heterocycles. The number of nitrogens with zero attached hydrogens (tertiary/aromatic N) is 2. The second-order valence-electron chi connectivity index (χ2n) is 6.21. The zero-order valence-corrected chi connectivity index (χ0v) is 16.3. The number of carbonyl (C=O) groups is 1. The van der Waals surface area contributed by atoms with Crippen molar-refractivity contribution in [3.05, 3.63) is 62.5 Å². The lowest BCUT2D eigenvalue weighted by molar-refractivity contribution is 0.0705. The molecule has 1 amide bonds. The number of halogens is 2. The molecule has 2 aromatic carbocycles. The van der Waals surface area contributed by atoms with Crippen molar-refractivity contribution in [1.29, 1.82) is 0 Å². The third-order valence-electron chi connectivity index (χ3n) is 4.60. The summed E-state index contributed by atoms with van der Waals surface area (Å²) in [6.45, 7) is 1.43. The smallest absolute Gasteiger partial charge is 0.254 e. The van der Waals surface area contributed by atoms with Crippen LogP contribution in [0.4, 0.5) is 0 Å². The zero-order valence-electron chi connectivity index (χ0n) is 13.4. The summed E-state index contributed by atoms with van der Waals surface area (Å²) in [6.07, 6.45) is 1.71. The van der Waals surface area contributed by atoms with Crippen LogP contribution < -0.4 is 0 Å². The van der Waals surface area contributed by atoms with Gasteiger partial charge in [0.05, 0.1) is 5.56 Å². The van der Waals surface area contributed by atoms with Crippen molar-refractivity contribution in [2.24, 2.45) is 0 Å². The maximum Gasteiger partial charge on any atom is 0.254 e. The van der Waals surface area contributed by atoms with Crippen LogP contribution in [0.5, 0.6) is 0 Å². The first-order chi connectivity index (χ1) is 12.1. The van der Waals surface area contributed by atoms with Crippen LogP contribution in [0.1, 0.15) is 35.0 Å². The first-order valence-corrected chi connectivity index (χ1v) is 9.67. The van der Waals surface area contributed by atoms with E-state index in [4.69, 9.17) is 16.0 Å². The quantitative estimate of drug-likeness (QED) is 0.493. The predicted molar refractivity (Wildman–Crippen MR) is 106 cm³/mol. The van der Waals surface area contributed by atoms with Crippen LogP contribution in [0, 0.1) is 3.57 Å². The summed E-state index contributed by atoms with van der Waals surface area (Å²) in [5.41, 5.74) is 2.33. The summed E-state index contributed by atoms with van der Waals surface area (Å²) in [6, 6.07) is 13.2. The number of fused-ring (bicyclic) bond motifs is 1. The minimum absolute atomic E-state index is 0.104. The molecule has 128 valence electrons. The molecule has 0 bridgehead atoms. The maximum absolute atomic E-state index is 12.7. The second-order valence-corrected chi connectivity index (χ2v) is 7.81. The van der Waals surface area contributed by atoms with Crippen molar-refractivity contribution in [2.45, 2.75) is 18.8 Å². The zero-order chi connectivity index (χ0) is 17.4. The molecule has 0 radical (unpaired) electrons. The summed E-state index contributed by atoms with van der Waals surface area (Å²) < 4.78 is 6.88. The summed E-state index contributed by atoms with van der Waals surface area (Å²) >= 11 is 8.22. The molecule has 1 aliphatic rings. The van der Waals surface area contributed by atoms with E-state index in [2.05, 4.69) is 27.6 Å². The topological polar surface area (TPSA) is 46.3 Å². The first kappa shape index (κ1) is 16.8. The average molecular weight is 467 g/mol. The van der Waals surface area contributed by atoms with Crippen molar-refractivity contribution < 1.29 is 9.21 Å². The second kappa shape index (κ2) is 6.96. The summed E-state index contributed by atoms with van der Waals surface area (Å²) in [7, 11) is 0. The van der Waals surface area contributed by atoms with Gasteiger partial charge in [0, 0.05) is 27.6 Å². The van der Waals surface area contributed by atoms with Gasteiger partial charge in [0.2, 0.25) is 0 Å². The Labute approximate surface area is 164 Å². The molecule has 6 heteroatoms. The van der Waals surface area contributed by atoms with E-state index < -0.39 is 0 Å². The number of rotatable bonds is 2. The lowest BCUT2D eigenvalue weighted by Gasteiger charge is -2.31. The average Bonchev–Trinajstić information content (AvgIpc) is 3.05. The van der Waals surface area contributed by atoms with Crippen LogP contribution in [0.15, 0.2) is 46.9 Å². The third kappa shape index (κ3) is 3.40. The molecule has 0 aliphatic carbocycles. The van der Waals surface area contributed by atoms with Crippen LogP contribution in [-0.2, 0) is 0 Å². The Morgan fingerprint density at radius 2 is 1.96 bits per heavy atom. The van der Waals surface area contributed by atoms with E-state index >= 15 is 0 Å². The number of benzene rings is 2. The monoisotopic (exact) mass is 466 g/mol. The summed E-state index contributed by atoms with van der Waals surface area (Å²) in [5, 5.41) is 0.658. The fourth-order valence-electron chi connectivity index (χ4n) is 3.23. The minimum atomic E-state index is 0.104. The number of likely N-dealkylation sites (tertiary alicyclic amines) is 1. The van der Waals surface area contributed by atoms with Crippen molar-refractivity contribution >= 4 is 51.2 Å². The number of hydrogen-bond donors (Lipinski definition) is 0. The number of hydrogen-bond acceptors (Lipinski definition) is 3. The number of amides is 1. The van der Waals surface area contributed by atoms with E-state index in [0.29, 0.717) is 18.1 Å².